The summed E-state index contributed by atoms with van der Waals surface area (Å²) in [5.74, 6) is -0.161. The molecule has 5 heteroatoms. The molecule has 1 heterocycles. The fourth-order valence-corrected chi connectivity index (χ4v) is 0.999. The normalized spacial score (nSPS) is 10.4. The predicted octanol–water partition coefficient (Wildman–Crippen LogP) is -0.606. The lowest BCUT2D eigenvalue weighted by Crippen LogP contribution is -2.18. The number of aliphatic hydroxyl groups excluding tert-OH is 1. The van der Waals surface area contributed by atoms with Gasteiger partial charge in [-0.05, 0) is 6.42 Å². The molecule has 1 aromatic rings. The van der Waals surface area contributed by atoms with Gasteiger partial charge in [0.05, 0.1) is 5.69 Å². The van der Waals surface area contributed by atoms with E-state index in [2.05, 4.69) is 4.98 Å². The molecule has 1 aromatic heterocycles. The lowest BCUT2D eigenvalue weighted by molar-refractivity contribution is 0.202. The van der Waals surface area contributed by atoms with Crippen LogP contribution in [0.2, 0.25) is 0 Å². The number of imidazole rings is 1. The van der Waals surface area contributed by atoms with Crippen molar-refractivity contribution in [2.24, 2.45) is 0 Å². The molecule has 1 rings (SSSR count). The maximum atomic E-state index is 10.8. The maximum absolute atomic E-state index is 10.8. The van der Waals surface area contributed by atoms with Crippen LogP contribution in [0.5, 0.6) is 5.88 Å². The van der Waals surface area contributed by atoms with Crippen molar-refractivity contribution < 1.29 is 10.2 Å². The Morgan fingerprint density at radius 1 is 1.64 bits per heavy atom. The highest BCUT2D eigenvalue weighted by Crippen LogP contribution is 2.10. The number of aliphatic hydroxyl groups is 1. The smallest absolute Gasteiger partial charge is 0.330 e. The standard InChI is InChI=1S/C6H10N2O3/c1-2-4-5(10)7-6(11)8(4)3-9/h9-10H,2-3H2,1H3,(H,7,11). The Morgan fingerprint density at radius 3 is 2.64 bits per heavy atom. The number of rotatable bonds is 2. The summed E-state index contributed by atoms with van der Waals surface area (Å²) in [6, 6.07) is 0. The van der Waals surface area contributed by atoms with Crippen LogP contribution in [0.3, 0.4) is 0 Å². The van der Waals surface area contributed by atoms with Crippen LogP contribution in [-0.2, 0) is 13.2 Å². The number of aromatic amines is 1. The molecule has 0 radical (unpaired) electrons. The molecule has 0 fully saturated rings. The number of hydrogen-bond donors (Lipinski definition) is 3. The Morgan fingerprint density at radius 2 is 2.27 bits per heavy atom. The van der Waals surface area contributed by atoms with Crippen molar-refractivity contribution >= 4 is 0 Å². The molecule has 0 aliphatic rings. The van der Waals surface area contributed by atoms with Crippen molar-refractivity contribution in [3.05, 3.63) is 16.2 Å². The Hall–Kier alpha value is -1.23. The average Bonchev–Trinajstić information content (AvgIpc) is 2.24. The summed E-state index contributed by atoms with van der Waals surface area (Å²) in [6.45, 7) is 1.38. The van der Waals surface area contributed by atoms with Gasteiger partial charge in [0.15, 0.2) is 0 Å². The van der Waals surface area contributed by atoms with E-state index >= 15 is 0 Å². The van der Waals surface area contributed by atoms with Crippen LogP contribution in [0.25, 0.3) is 0 Å². The van der Waals surface area contributed by atoms with Crippen LogP contribution in [-0.4, -0.2) is 19.8 Å². The van der Waals surface area contributed by atoms with E-state index in [0.717, 1.165) is 4.57 Å². The van der Waals surface area contributed by atoms with Crippen molar-refractivity contribution in [3.8, 4) is 5.88 Å². The Labute approximate surface area is 62.9 Å². The molecule has 3 N–H and O–H groups in total. The minimum absolute atomic E-state index is 0.161. The van der Waals surface area contributed by atoms with Crippen LogP contribution in [0.4, 0.5) is 0 Å². The lowest BCUT2D eigenvalue weighted by atomic mass is 10.3. The van der Waals surface area contributed by atoms with E-state index in [9.17, 15) is 4.79 Å². The summed E-state index contributed by atoms with van der Waals surface area (Å²) in [7, 11) is 0. The maximum Gasteiger partial charge on any atom is 0.330 e. The highest BCUT2D eigenvalue weighted by Gasteiger charge is 2.09. The average molecular weight is 158 g/mol. The first-order chi connectivity index (χ1) is 5.20. The Bertz CT molecular complexity index is 299. The number of H-pyrrole nitrogens is 1. The molecule has 62 valence electrons. The van der Waals surface area contributed by atoms with Crippen LogP contribution in [0, 0.1) is 0 Å². The second-order valence-electron chi connectivity index (χ2n) is 2.15. The highest BCUT2D eigenvalue weighted by atomic mass is 16.3. The lowest BCUT2D eigenvalue weighted by Gasteiger charge is -1.98. The number of nitrogens with one attached hydrogen (secondary N) is 1. The van der Waals surface area contributed by atoms with Crippen LogP contribution < -0.4 is 5.69 Å². The fourth-order valence-electron chi connectivity index (χ4n) is 0.999. The predicted molar refractivity (Wildman–Crippen MR) is 38.3 cm³/mol. The van der Waals surface area contributed by atoms with Gasteiger partial charge in [0.25, 0.3) is 0 Å². The van der Waals surface area contributed by atoms with Gasteiger partial charge in [-0.25, -0.2) is 4.79 Å². The minimum atomic E-state index is -0.484. The van der Waals surface area contributed by atoms with Gasteiger partial charge in [-0.2, -0.15) is 0 Å². The number of hydrogen-bond acceptors (Lipinski definition) is 3. The molecule has 0 aromatic carbocycles. The van der Waals surface area contributed by atoms with Gasteiger partial charge in [-0.3, -0.25) is 9.55 Å². The van der Waals surface area contributed by atoms with Gasteiger partial charge < -0.3 is 10.2 Å². The zero-order chi connectivity index (χ0) is 8.43. The fraction of sp³-hybridized carbons (Fsp3) is 0.500. The van der Waals surface area contributed by atoms with Gasteiger partial charge in [-0.1, -0.05) is 6.92 Å². The van der Waals surface area contributed by atoms with Crippen molar-refractivity contribution in [1.29, 1.82) is 0 Å². The molecule has 0 aliphatic heterocycles. The molecular formula is C6H10N2O3. The molecule has 0 spiro atoms. The summed E-state index contributed by atoms with van der Waals surface area (Å²) in [6.07, 6.45) is 0.505. The van der Waals surface area contributed by atoms with Gasteiger partial charge in [-0.15, -0.1) is 0 Å². The molecule has 0 amide bonds. The van der Waals surface area contributed by atoms with Crippen LogP contribution in [0.15, 0.2) is 4.79 Å². The second kappa shape index (κ2) is 2.79. The molecular weight excluding hydrogens is 148 g/mol. The quantitative estimate of drug-likeness (QED) is 0.537. The molecule has 0 saturated heterocycles. The van der Waals surface area contributed by atoms with Crippen molar-refractivity contribution in [1.82, 2.24) is 9.55 Å². The van der Waals surface area contributed by atoms with Gasteiger partial charge >= 0.3 is 5.69 Å². The molecule has 0 aliphatic carbocycles. The molecule has 0 bridgehead atoms. The van der Waals surface area contributed by atoms with E-state index in [1.165, 1.54) is 0 Å². The molecule has 5 nitrogen and oxygen atoms in total. The number of aromatic nitrogens is 2. The van der Waals surface area contributed by atoms with Crippen molar-refractivity contribution in [2.45, 2.75) is 20.1 Å². The van der Waals surface area contributed by atoms with Gasteiger partial charge in [0.2, 0.25) is 5.88 Å². The Kier molecular flexibility index (Phi) is 2.00. The van der Waals surface area contributed by atoms with E-state index < -0.39 is 12.4 Å². The van der Waals surface area contributed by atoms with E-state index in [-0.39, 0.29) is 5.88 Å². The number of aromatic hydroxyl groups is 1. The summed E-state index contributed by atoms with van der Waals surface area (Å²) < 4.78 is 1.08. The number of nitrogens with zero attached hydrogens (tertiary/aromatic N) is 1. The van der Waals surface area contributed by atoms with Crippen molar-refractivity contribution in [2.75, 3.05) is 0 Å². The Balaban J connectivity index is 3.29. The zero-order valence-corrected chi connectivity index (χ0v) is 6.16. The first-order valence-corrected chi connectivity index (χ1v) is 3.32. The van der Waals surface area contributed by atoms with Crippen LogP contribution in [0.1, 0.15) is 12.6 Å². The first kappa shape index (κ1) is 7.87. The summed E-state index contributed by atoms with van der Waals surface area (Å²) in [5.41, 5.74) is -0.0562. The first-order valence-electron chi connectivity index (χ1n) is 3.32. The molecule has 0 atom stereocenters. The third kappa shape index (κ3) is 1.14. The monoisotopic (exact) mass is 158 g/mol. The minimum Gasteiger partial charge on any atom is -0.493 e. The highest BCUT2D eigenvalue weighted by molar-refractivity contribution is 5.17. The van der Waals surface area contributed by atoms with E-state index in [1.54, 1.807) is 6.92 Å². The van der Waals surface area contributed by atoms with Gasteiger partial charge in [0.1, 0.15) is 6.73 Å². The summed E-state index contributed by atoms with van der Waals surface area (Å²) in [4.78, 5) is 13.0. The van der Waals surface area contributed by atoms with E-state index in [0.29, 0.717) is 12.1 Å². The molecule has 0 unspecified atom stereocenters. The SMILES string of the molecule is CCc1c(O)[nH]c(=O)n1CO. The van der Waals surface area contributed by atoms with Crippen molar-refractivity contribution in [3.63, 3.8) is 0 Å². The largest absolute Gasteiger partial charge is 0.493 e. The zero-order valence-electron chi connectivity index (χ0n) is 6.16. The van der Waals surface area contributed by atoms with Crippen LogP contribution >= 0.6 is 0 Å². The summed E-state index contributed by atoms with van der Waals surface area (Å²) in [5, 5.41) is 17.7. The van der Waals surface area contributed by atoms with E-state index in [1.807, 2.05) is 0 Å². The second-order valence-corrected chi connectivity index (χ2v) is 2.15. The third-order valence-corrected chi connectivity index (χ3v) is 1.55. The van der Waals surface area contributed by atoms with Gasteiger partial charge in [0, 0.05) is 0 Å². The molecule has 0 saturated carbocycles. The molecule has 11 heavy (non-hydrogen) atoms. The topological polar surface area (TPSA) is 78.2 Å². The van der Waals surface area contributed by atoms with E-state index in [4.69, 9.17) is 10.2 Å². The third-order valence-electron chi connectivity index (χ3n) is 1.55. The summed E-state index contributed by atoms with van der Waals surface area (Å²) >= 11 is 0.